The van der Waals surface area contributed by atoms with Gasteiger partial charge in [-0.1, -0.05) is 32.4 Å². The van der Waals surface area contributed by atoms with Crippen molar-refractivity contribution >= 4 is 0 Å². The Kier molecular flexibility index (Phi) is 2.93. The van der Waals surface area contributed by atoms with Gasteiger partial charge in [-0.25, -0.2) is 0 Å². The molecule has 4 saturated carbocycles. The molecular weight excluding hydrogens is 240 g/mol. The second-order valence-electron chi connectivity index (χ2n) is 9.20. The molecule has 0 saturated heterocycles. The zero-order chi connectivity index (χ0) is 14.0. The smallest absolute Gasteiger partial charge is 0.0260 e. The molecule has 0 spiro atoms. The van der Waals surface area contributed by atoms with Crippen molar-refractivity contribution in [3.8, 4) is 0 Å². The molecule has 4 fully saturated rings. The van der Waals surface area contributed by atoms with Crippen LogP contribution >= 0.6 is 0 Å². The van der Waals surface area contributed by atoms with Crippen LogP contribution < -0.4 is 0 Å². The van der Waals surface area contributed by atoms with Crippen molar-refractivity contribution in [1.82, 2.24) is 0 Å². The molecule has 0 nitrogen and oxygen atoms in total. The summed E-state index contributed by atoms with van der Waals surface area (Å²) in [7, 11) is 0. The normalized spacial score (nSPS) is 55.0. The first-order valence-corrected chi connectivity index (χ1v) is 9.20. The quantitative estimate of drug-likeness (QED) is 0.476. The number of allylic oxidation sites excluding steroid dienone is 1. The molecule has 4 aliphatic rings. The molecule has 0 N–H and O–H groups in total. The highest BCUT2D eigenvalue weighted by atomic mass is 14.6. The standard InChI is InChI=1S/C20H32/c1-14-8-12-20(3)15(13-14)6-7-16-17-5-4-10-19(17,2)11-9-18(16)20/h15-18H,1,4-13H2,2-3H3/t15-,16-,17-,18-,19-,20-/m0/s1. The maximum Gasteiger partial charge on any atom is -0.0260 e. The van der Waals surface area contributed by atoms with E-state index >= 15 is 0 Å². The molecule has 0 amide bonds. The lowest BCUT2D eigenvalue weighted by Gasteiger charge is -2.60. The summed E-state index contributed by atoms with van der Waals surface area (Å²) < 4.78 is 0. The highest BCUT2D eigenvalue weighted by Gasteiger charge is 2.57. The van der Waals surface area contributed by atoms with Crippen LogP contribution in [0.4, 0.5) is 0 Å². The summed E-state index contributed by atoms with van der Waals surface area (Å²) >= 11 is 0. The van der Waals surface area contributed by atoms with Gasteiger partial charge in [0.25, 0.3) is 0 Å². The summed E-state index contributed by atoms with van der Waals surface area (Å²) in [6.45, 7) is 9.59. The molecule has 6 atom stereocenters. The highest BCUT2D eigenvalue weighted by Crippen LogP contribution is 2.66. The molecule has 0 radical (unpaired) electrons. The van der Waals surface area contributed by atoms with Crippen LogP contribution in [0.1, 0.15) is 78.1 Å². The lowest BCUT2D eigenvalue weighted by atomic mass is 9.45. The highest BCUT2D eigenvalue weighted by molar-refractivity contribution is 5.12. The second-order valence-corrected chi connectivity index (χ2v) is 9.20. The van der Waals surface area contributed by atoms with Crippen molar-refractivity contribution in [3.05, 3.63) is 12.2 Å². The molecule has 0 heteroatoms. The third-order valence-electron chi connectivity index (χ3n) is 8.40. The molecule has 0 aromatic carbocycles. The Morgan fingerprint density at radius 2 is 1.80 bits per heavy atom. The average molecular weight is 272 g/mol. The largest absolute Gasteiger partial charge is 0.0999 e. The first-order valence-electron chi connectivity index (χ1n) is 9.20. The molecule has 0 aromatic rings. The minimum absolute atomic E-state index is 0.661. The third kappa shape index (κ3) is 1.72. The van der Waals surface area contributed by atoms with E-state index in [0.29, 0.717) is 5.41 Å². The van der Waals surface area contributed by atoms with E-state index in [9.17, 15) is 0 Å². The van der Waals surface area contributed by atoms with Gasteiger partial charge < -0.3 is 0 Å². The van der Waals surface area contributed by atoms with E-state index in [1.807, 2.05) is 0 Å². The molecule has 0 unspecified atom stereocenters. The zero-order valence-electron chi connectivity index (χ0n) is 13.6. The zero-order valence-corrected chi connectivity index (χ0v) is 13.6. The Morgan fingerprint density at radius 3 is 2.65 bits per heavy atom. The molecule has 4 rings (SSSR count). The summed E-state index contributed by atoms with van der Waals surface area (Å²) in [6, 6.07) is 0. The minimum atomic E-state index is 0.661. The third-order valence-corrected chi connectivity index (χ3v) is 8.40. The lowest BCUT2D eigenvalue weighted by Crippen LogP contribution is -2.51. The predicted molar refractivity (Wildman–Crippen MR) is 85.5 cm³/mol. The van der Waals surface area contributed by atoms with E-state index in [1.54, 1.807) is 18.4 Å². The Balaban J connectivity index is 1.64. The Morgan fingerprint density at radius 1 is 0.950 bits per heavy atom. The average Bonchev–Trinajstić information content (AvgIpc) is 2.81. The first-order chi connectivity index (χ1) is 9.53. The topological polar surface area (TPSA) is 0 Å². The van der Waals surface area contributed by atoms with Crippen molar-refractivity contribution in [2.75, 3.05) is 0 Å². The summed E-state index contributed by atoms with van der Waals surface area (Å²) in [5.41, 5.74) is 2.93. The molecule has 0 bridgehead atoms. The van der Waals surface area contributed by atoms with Crippen molar-refractivity contribution in [3.63, 3.8) is 0 Å². The van der Waals surface area contributed by atoms with Gasteiger partial charge >= 0.3 is 0 Å². The van der Waals surface area contributed by atoms with Gasteiger partial charge in [-0.05, 0) is 92.3 Å². The van der Waals surface area contributed by atoms with Crippen LogP contribution in [0.25, 0.3) is 0 Å². The van der Waals surface area contributed by atoms with Crippen LogP contribution in [-0.2, 0) is 0 Å². The van der Waals surface area contributed by atoms with E-state index in [1.165, 1.54) is 51.4 Å². The molecule has 0 heterocycles. The SMILES string of the molecule is C=C1CC[C@@]2(C)[C@@H](CC[C@H]3[C@@H]4CCC[C@@]4(C)CC[C@@H]32)C1. The van der Waals surface area contributed by atoms with Crippen LogP contribution in [0.5, 0.6) is 0 Å². The van der Waals surface area contributed by atoms with E-state index < -0.39 is 0 Å². The van der Waals surface area contributed by atoms with Crippen LogP contribution in [0.15, 0.2) is 12.2 Å². The van der Waals surface area contributed by atoms with Crippen molar-refractivity contribution in [1.29, 1.82) is 0 Å². The van der Waals surface area contributed by atoms with Gasteiger partial charge in [0, 0.05) is 0 Å². The van der Waals surface area contributed by atoms with Crippen molar-refractivity contribution in [2.24, 2.45) is 34.5 Å². The summed E-state index contributed by atoms with van der Waals surface area (Å²) in [5.74, 6) is 4.16. The van der Waals surface area contributed by atoms with Crippen LogP contribution in [-0.4, -0.2) is 0 Å². The fraction of sp³-hybridized carbons (Fsp3) is 0.900. The maximum atomic E-state index is 4.30. The predicted octanol–water partition coefficient (Wildman–Crippen LogP) is 5.98. The molecule has 0 aromatic heterocycles. The summed E-state index contributed by atoms with van der Waals surface area (Å²) in [6.07, 6.45) is 14.8. The van der Waals surface area contributed by atoms with E-state index in [0.717, 1.165) is 29.1 Å². The minimum Gasteiger partial charge on any atom is -0.0999 e. The Hall–Kier alpha value is -0.260. The number of fused-ring (bicyclic) bond motifs is 5. The second kappa shape index (κ2) is 4.37. The number of hydrogen-bond donors (Lipinski definition) is 0. The summed E-state index contributed by atoms with van der Waals surface area (Å²) in [4.78, 5) is 0. The van der Waals surface area contributed by atoms with E-state index in [4.69, 9.17) is 0 Å². The molecule has 20 heavy (non-hydrogen) atoms. The molecule has 4 aliphatic carbocycles. The van der Waals surface area contributed by atoms with Crippen molar-refractivity contribution < 1.29 is 0 Å². The lowest BCUT2D eigenvalue weighted by molar-refractivity contribution is -0.0963. The molecular formula is C20H32. The van der Waals surface area contributed by atoms with Crippen LogP contribution in [0.2, 0.25) is 0 Å². The monoisotopic (exact) mass is 272 g/mol. The first kappa shape index (κ1) is 13.4. The number of rotatable bonds is 0. The van der Waals surface area contributed by atoms with Gasteiger partial charge in [0.2, 0.25) is 0 Å². The van der Waals surface area contributed by atoms with E-state index in [2.05, 4.69) is 20.4 Å². The van der Waals surface area contributed by atoms with Gasteiger partial charge in [0.15, 0.2) is 0 Å². The maximum absolute atomic E-state index is 4.30. The van der Waals surface area contributed by atoms with Gasteiger partial charge in [-0.2, -0.15) is 0 Å². The summed E-state index contributed by atoms with van der Waals surface area (Å²) in [5, 5.41) is 0. The fourth-order valence-corrected chi connectivity index (χ4v) is 7.15. The van der Waals surface area contributed by atoms with Crippen molar-refractivity contribution in [2.45, 2.75) is 78.1 Å². The Bertz CT molecular complexity index is 422. The Labute approximate surface area is 125 Å². The van der Waals surface area contributed by atoms with Crippen LogP contribution in [0.3, 0.4) is 0 Å². The molecule has 0 aliphatic heterocycles. The number of hydrogen-bond acceptors (Lipinski definition) is 0. The van der Waals surface area contributed by atoms with Crippen LogP contribution in [0, 0.1) is 34.5 Å². The molecule has 112 valence electrons. The fourth-order valence-electron chi connectivity index (χ4n) is 7.15. The van der Waals surface area contributed by atoms with Gasteiger partial charge in [0.1, 0.15) is 0 Å². The van der Waals surface area contributed by atoms with Gasteiger partial charge in [-0.3, -0.25) is 0 Å². The van der Waals surface area contributed by atoms with Gasteiger partial charge in [0.05, 0.1) is 0 Å². The van der Waals surface area contributed by atoms with Gasteiger partial charge in [-0.15, -0.1) is 0 Å². The van der Waals surface area contributed by atoms with E-state index in [-0.39, 0.29) is 0 Å².